The fourth-order valence-electron chi connectivity index (χ4n) is 4.14. The number of likely N-dealkylation sites (tertiary alicyclic amines) is 1. The van der Waals surface area contributed by atoms with Crippen molar-refractivity contribution in [1.82, 2.24) is 19.7 Å². The molecule has 9 heteroatoms. The van der Waals surface area contributed by atoms with Gasteiger partial charge in [0.1, 0.15) is 11.3 Å². The Hall–Kier alpha value is -3.33. The van der Waals surface area contributed by atoms with Crippen LogP contribution < -0.4 is 15.0 Å². The van der Waals surface area contributed by atoms with Crippen molar-refractivity contribution >= 4 is 5.97 Å². The molecule has 0 aromatic heterocycles. The molecule has 0 unspecified atom stereocenters. The summed E-state index contributed by atoms with van der Waals surface area (Å²) in [5.41, 5.74) is 1.90. The van der Waals surface area contributed by atoms with E-state index in [1.54, 1.807) is 26.6 Å². The molecule has 31 heavy (non-hydrogen) atoms. The fourth-order valence-corrected chi connectivity index (χ4v) is 4.14. The largest absolute Gasteiger partial charge is 0.493 e. The zero-order valence-electron chi connectivity index (χ0n) is 17.9. The van der Waals surface area contributed by atoms with Crippen LogP contribution >= 0.6 is 0 Å². The van der Waals surface area contributed by atoms with E-state index in [0.29, 0.717) is 16.8 Å². The van der Waals surface area contributed by atoms with E-state index in [-0.39, 0.29) is 11.6 Å². The Balaban J connectivity index is 1.48. The number of methoxy groups -OCH3 is 3. The van der Waals surface area contributed by atoms with Crippen LogP contribution in [0, 0.1) is 0 Å². The SMILES string of the molecule is COC(=O)c1cn(C2CCN(Cc3ccc(OC)c(OC)c3)CC2)cc2c(=O)[nH]nc1-2. The average Bonchev–Trinajstić information content (AvgIpc) is 3.19. The zero-order chi connectivity index (χ0) is 22.0. The first-order valence-corrected chi connectivity index (χ1v) is 10.2. The zero-order valence-corrected chi connectivity index (χ0v) is 17.9. The van der Waals surface area contributed by atoms with E-state index in [9.17, 15) is 9.59 Å². The molecule has 3 heterocycles. The number of aromatic nitrogens is 3. The van der Waals surface area contributed by atoms with Gasteiger partial charge in [0.15, 0.2) is 11.5 Å². The van der Waals surface area contributed by atoms with Crippen LogP contribution in [0.15, 0.2) is 35.4 Å². The highest BCUT2D eigenvalue weighted by Crippen LogP contribution is 2.30. The highest BCUT2D eigenvalue weighted by Gasteiger charge is 2.26. The van der Waals surface area contributed by atoms with Gasteiger partial charge in [0.25, 0.3) is 5.56 Å². The maximum absolute atomic E-state index is 12.2. The van der Waals surface area contributed by atoms with E-state index in [1.807, 2.05) is 22.8 Å². The van der Waals surface area contributed by atoms with Crippen molar-refractivity contribution in [3.8, 4) is 22.8 Å². The predicted octanol–water partition coefficient (Wildman–Crippen LogP) is 2.32. The minimum atomic E-state index is -0.503. The number of hydrogen-bond acceptors (Lipinski definition) is 7. The number of benzene rings is 1. The smallest absolute Gasteiger partial charge is 0.341 e. The first-order valence-electron chi connectivity index (χ1n) is 10.2. The molecule has 3 aliphatic heterocycles. The molecule has 1 fully saturated rings. The molecule has 0 aliphatic carbocycles. The lowest BCUT2D eigenvalue weighted by atomic mass is 10.0. The minimum Gasteiger partial charge on any atom is -0.493 e. The van der Waals surface area contributed by atoms with Gasteiger partial charge in [-0.15, -0.1) is 0 Å². The predicted molar refractivity (Wildman–Crippen MR) is 114 cm³/mol. The van der Waals surface area contributed by atoms with E-state index in [4.69, 9.17) is 14.2 Å². The topological polar surface area (TPSA) is 98.7 Å². The van der Waals surface area contributed by atoms with Crippen molar-refractivity contribution in [3.63, 3.8) is 0 Å². The van der Waals surface area contributed by atoms with E-state index >= 15 is 0 Å². The van der Waals surface area contributed by atoms with Crippen molar-refractivity contribution in [2.45, 2.75) is 25.4 Å². The molecule has 1 N–H and O–H groups in total. The van der Waals surface area contributed by atoms with Crippen LogP contribution in [0.3, 0.4) is 0 Å². The minimum absolute atomic E-state index is 0.184. The molecule has 0 spiro atoms. The standard InChI is InChI=1S/C22H26N4O5/c1-29-18-5-4-14(10-19(18)30-2)11-25-8-6-15(7-9-25)26-12-16-20(23-24-21(16)27)17(13-26)22(28)31-3/h4-5,10,12-13,15H,6-9,11H2,1-3H3,(H,24,27). The molecule has 1 saturated heterocycles. The van der Waals surface area contributed by atoms with Gasteiger partial charge in [0.05, 0.1) is 26.9 Å². The van der Waals surface area contributed by atoms with Crippen LogP contribution in [0.2, 0.25) is 0 Å². The van der Waals surface area contributed by atoms with Crippen LogP contribution in [-0.2, 0) is 11.3 Å². The van der Waals surface area contributed by atoms with Gasteiger partial charge < -0.3 is 18.8 Å². The van der Waals surface area contributed by atoms with Crippen LogP contribution in [0.25, 0.3) is 11.3 Å². The summed E-state index contributed by atoms with van der Waals surface area (Å²) in [6, 6.07) is 6.16. The summed E-state index contributed by atoms with van der Waals surface area (Å²) in [5, 5.41) is 6.40. The number of hydrogen-bond donors (Lipinski definition) is 1. The molecule has 0 bridgehead atoms. The summed E-state index contributed by atoms with van der Waals surface area (Å²) in [4.78, 5) is 26.7. The fraction of sp³-hybridized carbons (Fsp3) is 0.409. The van der Waals surface area contributed by atoms with Crippen molar-refractivity contribution in [2.24, 2.45) is 0 Å². The maximum Gasteiger partial charge on any atom is 0.341 e. The number of fused-ring (bicyclic) bond motifs is 1. The number of piperidine rings is 1. The third kappa shape index (κ3) is 4.13. The Bertz CT molecular complexity index is 1100. The monoisotopic (exact) mass is 426 g/mol. The number of carbonyl (C=O) groups excluding carboxylic acids is 1. The van der Waals surface area contributed by atoms with Crippen molar-refractivity contribution < 1.29 is 19.0 Å². The number of esters is 1. The summed E-state index contributed by atoms with van der Waals surface area (Å²) < 4.78 is 17.5. The molecule has 0 saturated carbocycles. The maximum atomic E-state index is 12.2. The highest BCUT2D eigenvalue weighted by atomic mass is 16.5. The summed E-state index contributed by atoms with van der Waals surface area (Å²) >= 11 is 0. The lowest BCUT2D eigenvalue weighted by Gasteiger charge is -2.33. The second kappa shape index (κ2) is 8.81. The highest BCUT2D eigenvalue weighted by molar-refractivity contribution is 5.95. The Morgan fingerprint density at radius 2 is 1.87 bits per heavy atom. The number of ether oxygens (including phenoxy) is 3. The number of rotatable bonds is 6. The number of nitrogens with zero attached hydrogens (tertiary/aromatic N) is 3. The van der Waals surface area contributed by atoms with E-state index in [0.717, 1.165) is 49.5 Å². The summed E-state index contributed by atoms with van der Waals surface area (Å²) in [5.74, 6) is 0.939. The molecule has 3 aliphatic rings. The van der Waals surface area contributed by atoms with Gasteiger partial charge in [-0.1, -0.05) is 6.07 Å². The molecular weight excluding hydrogens is 400 g/mol. The first kappa shape index (κ1) is 20.9. The van der Waals surface area contributed by atoms with Crippen LogP contribution in [0.5, 0.6) is 11.5 Å². The van der Waals surface area contributed by atoms with Crippen LogP contribution in [-0.4, -0.2) is 60.1 Å². The number of carbonyl (C=O) groups is 1. The van der Waals surface area contributed by atoms with Gasteiger partial charge in [-0.2, -0.15) is 5.10 Å². The van der Waals surface area contributed by atoms with Gasteiger partial charge >= 0.3 is 5.97 Å². The molecule has 9 nitrogen and oxygen atoms in total. The third-order valence-corrected chi connectivity index (χ3v) is 5.82. The molecule has 164 valence electrons. The van der Waals surface area contributed by atoms with Gasteiger partial charge in [-0.25, -0.2) is 9.89 Å². The lowest BCUT2D eigenvalue weighted by molar-refractivity contribution is 0.0599. The van der Waals surface area contributed by atoms with Gasteiger partial charge in [0.2, 0.25) is 0 Å². The Kier molecular flexibility index (Phi) is 5.94. The van der Waals surface area contributed by atoms with Gasteiger partial charge in [-0.3, -0.25) is 9.69 Å². The number of H-pyrrole nitrogens is 1. The van der Waals surface area contributed by atoms with Crippen LogP contribution in [0.4, 0.5) is 0 Å². The lowest BCUT2D eigenvalue weighted by Crippen LogP contribution is -2.34. The Morgan fingerprint density at radius 1 is 1.13 bits per heavy atom. The number of nitrogens with one attached hydrogen (secondary N) is 1. The van der Waals surface area contributed by atoms with Crippen molar-refractivity contribution in [2.75, 3.05) is 34.4 Å². The van der Waals surface area contributed by atoms with Gasteiger partial charge in [-0.05, 0) is 30.5 Å². The molecule has 1 aromatic carbocycles. The summed E-state index contributed by atoms with van der Waals surface area (Å²) in [7, 11) is 4.59. The Labute approximate surface area is 179 Å². The summed E-state index contributed by atoms with van der Waals surface area (Å²) in [6.45, 7) is 2.61. The second-order valence-electron chi connectivity index (χ2n) is 7.62. The van der Waals surface area contributed by atoms with E-state index in [1.165, 1.54) is 7.11 Å². The van der Waals surface area contributed by atoms with Gasteiger partial charge in [0, 0.05) is 38.1 Å². The Morgan fingerprint density at radius 3 is 2.55 bits per heavy atom. The molecule has 4 rings (SSSR count). The number of aromatic amines is 1. The molecule has 0 amide bonds. The number of pyridine rings is 1. The van der Waals surface area contributed by atoms with Crippen molar-refractivity contribution in [3.05, 3.63) is 52.1 Å². The first-order chi connectivity index (χ1) is 15.0. The van der Waals surface area contributed by atoms with E-state index in [2.05, 4.69) is 15.1 Å². The molecule has 0 radical (unpaired) electrons. The quantitative estimate of drug-likeness (QED) is 0.604. The van der Waals surface area contributed by atoms with Crippen LogP contribution in [0.1, 0.15) is 34.8 Å². The second-order valence-corrected chi connectivity index (χ2v) is 7.62. The normalized spacial score (nSPS) is 15.2. The molecule has 0 atom stereocenters. The summed E-state index contributed by atoms with van der Waals surface area (Å²) in [6.07, 6.45) is 5.32. The average molecular weight is 426 g/mol. The van der Waals surface area contributed by atoms with Crippen molar-refractivity contribution in [1.29, 1.82) is 0 Å². The third-order valence-electron chi connectivity index (χ3n) is 5.82. The van der Waals surface area contributed by atoms with E-state index < -0.39 is 5.97 Å². The molecular formula is C22H26N4O5. The molecule has 1 aromatic rings.